The fourth-order valence-electron chi connectivity index (χ4n) is 1.49. The van der Waals surface area contributed by atoms with Gasteiger partial charge in [-0.1, -0.05) is 21.1 Å². The standard InChI is InChI=1S/C13H12BrN3O2/c1-8-2-4-10(7-16-8)19-12-5-3-9(14)6-11(12)13(15)17-18/h2-7,18H,1H3,(H2,15,17). The Balaban J connectivity index is 2.37. The van der Waals surface area contributed by atoms with Gasteiger partial charge in [0.2, 0.25) is 0 Å². The van der Waals surface area contributed by atoms with Crippen LogP contribution < -0.4 is 10.5 Å². The molecular formula is C13H12BrN3O2. The molecule has 6 heteroatoms. The minimum atomic E-state index is -0.0172. The van der Waals surface area contributed by atoms with Crippen LogP contribution in [0.5, 0.6) is 11.5 Å². The molecular weight excluding hydrogens is 310 g/mol. The lowest BCUT2D eigenvalue weighted by molar-refractivity contribution is 0.318. The molecule has 0 aliphatic rings. The molecule has 0 unspecified atom stereocenters. The van der Waals surface area contributed by atoms with Gasteiger partial charge in [-0.2, -0.15) is 0 Å². The molecule has 0 saturated heterocycles. The van der Waals surface area contributed by atoms with Gasteiger partial charge in [-0.05, 0) is 37.3 Å². The first kappa shape index (κ1) is 13.4. The van der Waals surface area contributed by atoms with Crippen LogP contribution in [0, 0.1) is 6.92 Å². The molecule has 1 aromatic heterocycles. The van der Waals surface area contributed by atoms with E-state index in [2.05, 4.69) is 26.1 Å². The van der Waals surface area contributed by atoms with Crippen molar-refractivity contribution in [2.24, 2.45) is 10.9 Å². The number of hydrogen-bond donors (Lipinski definition) is 2. The Morgan fingerprint density at radius 1 is 1.37 bits per heavy atom. The van der Waals surface area contributed by atoms with Crippen LogP contribution in [0.15, 0.2) is 46.2 Å². The zero-order valence-electron chi connectivity index (χ0n) is 10.2. The van der Waals surface area contributed by atoms with Gasteiger partial charge in [-0.25, -0.2) is 0 Å². The van der Waals surface area contributed by atoms with Gasteiger partial charge in [-0.15, -0.1) is 0 Å². The lowest BCUT2D eigenvalue weighted by Crippen LogP contribution is -2.14. The number of hydrogen-bond acceptors (Lipinski definition) is 4. The van der Waals surface area contributed by atoms with Gasteiger partial charge < -0.3 is 15.7 Å². The van der Waals surface area contributed by atoms with Gasteiger partial charge in [0.15, 0.2) is 5.84 Å². The van der Waals surface area contributed by atoms with E-state index in [-0.39, 0.29) is 5.84 Å². The molecule has 0 aliphatic heterocycles. The van der Waals surface area contributed by atoms with E-state index in [1.165, 1.54) is 0 Å². The number of rotatable bonds is 3. The molecule has 2 rings (SSSR count). The van der Waals surface area contributed by atoms with Crippen molar-refractivity contribution in [3.63, 3.8) is 0 Å². The Labute approximate surface area is 118 Å². The minimum absolute atomic E-state index is 0.0172. The Kier molecular flexibility index (Phi) is 4.01. The van der Waals surface area contributed by atoms with E-state index in [0.717, 1.165) is 10.2 Å². The number of halogens is 1. The molecule has 0 aliphatic carbocycles. The third-order valence-electron chi connectivity index (χ3n) is 2.44. The molecule has 0 bridgehead atoms. The minimum Gasteiger partial charge on any atom is -0.455 e. The molecule has 1 aromatic carbocycles. The van der Waals surface area contributed by atoms with Crippen LogP contribution in [0.3, 0.4) is 0 Å². The normalized spacial score (nSPS) is 11.4. The summed E-state index contributed by atoms with van der Waals surface area (Å²) in [5.41, 5.74) is 7.03. The van der Waals surface area contributed by atoms with E-state index < -0.39 is 0 Å². The number of oxime groups is 1. The lowest BCUT2D eigenvalue weighted by atomic mass is 10.2. The molecule has 3 N–H and O–H groups in total. The summed E-state index contributed by atoms with van der Waals surface area (Å²) < 4.78 is 6.50. The summed E-state index contributed by atoms with van der Waals surface area (Å²) in [5.74, 6) is 1.06. The maximum Gasteiger partial charge on any atom is 0.173 e. The van der Waals surface area contributed by atoms with Crippen LogP contribution in [0.2, 0.25) is 0 Å². The zero-order valence-corrected chi connectivity index (χ0v) is 11.8. The predicted molar refractivity (Wildman–Crippen MR) is 75.7 cm³/mol. The van der Waals surface area contributed by atoms with Crippen molar-refractivity contribution in [3.8, 4) is 11.5 Å². The van der Waals surface area contributed by atoms with E-state index >= 15 is 0 Å². The monoisotopic (exact) mass is 321 g/mol. The molecule has 98 valence electrons. The Morgan fingerprint density at radius 3 is 2.79 bits per heavy atom. The van der Waals surface area contributed by atoms with Crippen molar-refractivity contribution in [2.45, 2.75) is 6.92 Å². The average Bonchev–Trinajstić information content (AvgIpc) is 2.42. The topological polar surface area (TPSA) is 80.7 Å². The first-order valence-corrected chi connectivity index (χ1v) is 6.27. The maximum absolute atomic E-state index is 8.79. The van der Waals surface area contributed by atoms with Crippen LogP contribution in [0.4, 0.5) is 0 Å². The smallest absolute Gasteiger partial charge is 0.173 e. The second-order valence-electron chi connectivity index (χ2n) is 3.86. The highest BCUT2D eigenvalue weighted by Gasteiger charge is 2.10. The molecule has 0 saturated carbocycles. The summed E-state index contributed by atoms with van der Waals surface area (Å²) in [5, 5.41) is 11.8. The molecule has 0 amide bonds. The number of aromatic nitrogens is 1. The summed E-state index contributed by atoms with van der Waals surface area (Å²) >= 11 is 3.33. The van der Waals surface area contributed by atoms with Crippen molar-refractivity contribution in [1.82, 2.24) is 4.98 Å². The number of nitrogens with two attached hydrogens (primary N) is 1. The molecule has 19 heavy (non-hydrogen) atoms. The van der Waals surface area contributed by atoms with Gasteiger partial charge in [0.25, 0.3) is 0 Å². The Bertz CT molecular complexity index is 612. The quantitative estimate of drug-likeness (QED) is 0.394. The van der Waals surface area contributed by atoms with Gasteiger partial charge in [0.1, 0.15) is 11.5 Å². The third-order valence-corrected chi connectivity index (χ3v) is 2.93. The van der Waals surface area contributed by atoms with Gasteiger partial charge in [0.05, 0.1) is 11.8 Å². The van der Waals surface area contributed by atoms with Crippen molar-refractivity contribution < 1.29 is 9.94 Å². The van der Waals surface area contributed by atoms with E-state index in [1.807, 2.05) is 19.1 Å². The van der Waals surface area contributed by atoms with E-state index in [4.69, 9.17) is 15.7 Å². The largest absolute Gasteiger partial charge is 0.455 e. The van der Waals surface area contributed by atoms with Gasteiger partial charge >= 0.3 is 0 Å². The number of ether oxygens (including phenoxy) is 1. The fourth-order valence-corrected chi connectivity index (χ4v) is 1.85. The van der Waals surface area contributed by atoms with Crippen molar-refractivity contribution >= 4 is 21.8 Å². The summed E-state index contributed by atoms with van der Waals surface area (Å²) in [7, 11) is 0. The summed E-state index contributed by atoms with van der Waals surface area (Å²) in [4.78, 5) is 4.14. The van der Waals surface area contributed by atoms with Crippen LogP contribution >= 0.6 is 15.9 Å². The summed E-state index contributed by atoms with van der Waals surface area (Å²) in [6.07, 6.45) is 1.62. The number of nitrogens with zero attached hydrogens (tertiary/aromatic N) is 2. The number of benzene rings is 1. The fraction of sp³-hybridized carbons (Fsp3) is 0.0769. The van der Waals surface area contributed by atoms with Crippen LogP contribution in [-0.2, 0) is 0 Å². The van der Waals surface area contributed by atoms with Crippen molar-refractivity contribution in [3.05, 3.63) is 52.3 Å². The molecule has 1 heterocycles. The highest BCUT2D eigenvalue weighted by atomic mass is 79.9. The van der Waals surface area contributed by atoms with E-state index in [1.54, 1.807) is 24.4 Å². The average molecular weight is 322 g/mol. The van der Waals surface area contributed by atoms with Crippen LogP contribution in [0.1, 0.15) is 11.3 Å². The van der Waals surface area contributed by atoms with Gasteiger partial charge in [-0.3, -0.25) is 4.98 Å². The second kappa shape index (κ2) is 5.71. The lowest BCUT2D eigenvalue weighted by Gasteiger charge is -2.10. The number of amidine groups is 1. The molecule has 0 spiro atoms. The van der Waals surface area contributed by atoms with E-state index in [0.29, 0.717) is 17.1 Å². The predicted octanol–water partition coefficient (Wildman–Crippen LogP) is 3.04. The van der Waals surface area contributed by atoms with Crippen LogP contribution in [0.25, 0.3) is 0 Å². The Morgan fingerprint density at radius 2 is 2.16 bits per heavy atom. The molecule has 5 nitrogen and oxygen atoms in total. The third kappa shape index (κ3) is 3.23. The molecule has 2 aromatic rings. The summed E-state index contributed by atoms with van der Waals surface area (Å²) in [6.45, 7) is 1.89. The highest BCUT2D eigenvalue weighted by Crippen LogP contribution is 2.27. The van der Waals surface area contributed by atoms with Crippen molar-refractivity contribution in [1.29, 1.82) is 0 Å². The van der Waals surface area contributed by atoms with Gasteiger partial charge in [0, 0.05) is 10.2 Å². The molecule has 0 atom stereocenters. The first-order chi connectivity index (χ1) is 9.10. The molecule has 0 radical (unpaired) electrons. The highest BCUT2D eigenvalue weighted by molar-refractivity contribution is 9.10. The number of aryl methyl sites for hydroxylation is 1. The Hall–Kier alpha value is -2.08. The van der Waals surface area contributed by atoms with Crippen molar-refractivity contribution in [2.75, 3.05) is 0 Å². The van der Waals surface area contributed by atoms with Crippen LogP contribution in [-0.4, -0.2) is 16.0 Å². The zero-order chi connectivity index (χ0) is 13.8. The first-order valence-electron chi connectivity index (χ1n) is 5.48. The summed E-state index contributed by atoms with van der Waals surface area (Å²) in [6, 6.07) is 8.91. The molecule has 0 fully saturated rings. The number of pyridine rings is 1. The van der Waals surface area contributed by atoms with E-state index in [9.17, 15) is 0 Å². The SMILES string of the molecule is Cc1ccc(Oc2ccc(Br)cc2/C(N)=N/O)cn1. The maximum atomic E-state index is 8.79. The second-order valence-corrected chi connectivity index (χ2v) is 4.78.